The molecule has 1 atom stereocenters. The van der Waals surface area contributed by atoms with Crippen molar-refractivity contribution in [2.24, 2.45) is 5.92 Å². The van der Waals surface area contributed by atoms with E-state index in [0.29, 0.717) is 24.4 Å². The molecule has 1 aliphatic carbocycles. The van der Waals surface area contributed by atoms with Crippen LogP contribution < -0.4 is 10.6 Å². The Hall–Kier alpha value is -3.80. The van der Waals surface area contributed by atoms with Crippen molar-refractivity contribution < 1.29 is 14.4 Å². The van der Waals surface area contributed by atoms with Gasteiger partial charge >= 0.3 is 0 Å². The van der Waals surface area contributed by atoms with Crippen LogP contribution in [0.15, 0.2) is 72.0 Å². The summed E-state index contributed by atoms with van der Waals surface area (Å²) in [5.74, 6) is -0.0517. The highest BCUT2D eigenvalue weighted by Gasteiger charge is 2.27. The van der Waals surface area contributed by atoms with Gasteiger partial charge in [0.25, 0.3) is 5.91 Å². The number of benzene rings is 1. The molecule has 0 saturated carbocycles. The number of nitrogens with one attached hydrogen (secondary N) is 2. The minimum Gasteiger partial charge on any atom is -0.352 e. The number of hydrogen-bond donors (Lipinski definition) is 2. The van der Waals surface area contributed by atoms with Crippen LogP contribution >= 0.6 is 0 Å². The molecule has 6 nitrogen and oxygen atoms in total. The molecule has 1 aromatic carbocycles. The molecule has 2 aliphatic rings. The average Bonchev–Trinajstić information content (AvgIpc) is 2.78. The summed E-state index contributed by atoms with van der Waals surface area (Å²) in [7, 11) is 0. The minimum atomic E-state index is -0.373. The van der Waals surface area contributed by atoms with E-state index in [-0.39, 0.29) is 11.8 Å². The first-order valence-corrected chi connectivity index (χ1v) is 10.3. The van der Waals surface area contributed by atoms with E-state index in [0.717, 1.165) is 46.9 Å². The number of aldehydes is 1. The van der Waals surface area contributed by atoms with E-state index in [1.54, 1.807) is 12.3 Å². The zero-order valence-electron chi connectivity index (χ0n) is 17.2. The van der Waals surface area contributed by atoms with Crippen molar-refractivity contribution in [2.45, 2.75) is 19.8 Å². The van der Waals surface area contributed by atoms with Crippen molar-refractivity contribution in [3.05, 3.63) is 77.5 Å². The van der Waals surface area contributed by atoms with Crippen LogP contribution in [0.5, 0.6) is 0 Å². The minimum absolute atomic E-state index is 0.00648. The molecular formula is C25H23N3O3. The van der Waals surface area contributed by atoms with Crippen LogP contribution in [-0.2, 0) is 14.4 Å². The highest BCUT2D eigenvalue weighted by atomic mass is 16.2. The Bertz CT molecular complexity index is 1140. The summed E-state index contributed by atoms with van der Waals surface area (Å²) in [6, 6.07) is 11.4. The maximum absolute atomic E-state index is 12.3. The van der Waals surface area contributed by atoms with Crippen molar-refractivity contribution in [1.82, 2.24) is 10.3 Å². The molecule has 1 aliphatic heterocycles. The molecule has 31 heavy (non-hydrogen) atoms. The summed E-state index contributed by atoms with van der Waals surface area (Å²) in [4.78, 5) is 39.0. The lowest BCUT2D eigenvalue weighted by molar-refractivity contribution is -0.117. The molecule has 0 fully saturated rings. The lowest BCUT2D eigenvalue weighted by Crippen LogP contribution is -2.33. The van der Waals surface area contributed by atoms with E-state index >= 15 is 0 Å². The van der Waals surface area contributed by atoms with Crippen molar-refractivity contribution in [2.75, 3.05) is 11.9 Å². The van der Waals surface area contributed by atoms with Gasteiger partial charge in [0.15, 0.2) is 0 Å². The Morgan fingerprint density at radius 3 is 2.94 bits per heavy atom. The van der Waals surface area contributed by atoms with Crippen LogP contribution in [0, 0.1) is 5.92 Å². The highest BCUT2D eigenvalue weighted by molar-refractivity contribution is 6.02. The highest BCUT2D eigenvalue weighted by Crippen LogP contribution is 2.38. The van der Waals surface area contributed by atoms with Gasteiger partial charge in [-0.05, 0) is 66.3 Å². The van der Waals surface area contributed by atoms with Gasteiger partial charge in [-0.25, -0.2) is 0 Å². The number of aromatic nitrogens is 1. The quantitative estimate of drug-likeness (QED) is 0.578. The summed E-state index contributed by atoms with van der Waals surface area (Å²) in [5, 5.41) is 5.66. The second-order valence-electron chi connectivity index (χ2n) is 7.72. The fourth-order valence-electron chi connectivity index (χ4n) is 4.08. The Balaban J connectivity index is 1.63. The molecule has 4 rings (SSSR count). The zero-order chi connectivity index (χ0) is 21.8. The van der Waals surface area contributed by atoms with E-state index < -0.39 is 0 Å². The van der Waals surface area contributed by atoms with Gasteiger partial charge < -0.3 is 10.6 Å². The Kier molecular flexibility index (Phi) is 5.89. The second kappa shape index (κ2) is 8.92. The third-order valence-corrected chi connectivity index (χ3v) is 5.57. The predicted molar refractivity (Wildman–Crippen MR) is 120 cm³/mol. The van der Waals surface area contributed by atoms with Gasteiger partial charge in [-0.15, -0.1) is 0 Å². The number of carbonyl (C=O) groups excluding carboxylic acids is 3. The number of pyridine rings is 1. The fraction of sp³-hybridized carbons (Fsp3) is 0.200. The standard InChI is InChI=1S/C25H23N3O3/c1-16-12-17-8-10-27-25(31)22(17)15-21(16)18-7-9-26-23(14-18)19-4-2-5-20(13-19)28-24(30)6-3-11-29/h2-7,9,11,13-16H,8,10,12H2,1H3,(H,27,31)(H,28,30)/b6-3+. The Morgan fingerprint density at radius 2 is 2.10 bits per heavy atom. The fourth-order valence-corrected chi connectivity index (χ4v) is 4.08. The van der Waals surface area contributed by atoms with Gasteiger partial charge in [-0.2, -0.15) is 0 Å². The number of rotatable bonds is 5. The average molecular weight is 413 g/mol. The van der Waals surface area contributed by atoms with Gasteiger partial charge in [0.05, 0.1) is 5.69 Å². The molecule has 156 valence electrons. The zero-order valence-corrected chi connectivity index (χ0v) is 17.2. The van der Waals surface area contributed by atoms with E-state index in [1.807, 2.05) is 36.4 Å². The Labute approximate surface area is 180 Å². The van der Waals surface area contributed by atoms with Crippen LogP contribution in [0.1, 0.15) is 25.3 Å². The maximum atomic E-state index is 12.3. The van der Waals surface area contributed by atoms with Gasteiger partial charge in [0.1, 0.15) is 6.29 Å². The first kappa shape index (κ1) is 20.5. The van der Waals surface area contributed by atoms with Gasteiger partial charge in [-0.3, -0.25) is 19.4 Å². The molecule has 2 heterocycles. The van der Waals surface area contributed by atoms with Crippen LogP contribution in [0.4, 0.5) is 5.69 Å². The van der Waals surface area contributed by atoms with Crippen molar-refractivity contribution in [3.8, 4) is 11.3 Å². The smallest absolute Gasteiger partial charge is 0.251 e. The van der Waals surface area contributed by atoms with Crippen molar-refractivity contribution >= 4 is 29.4 Å². The van der Waals surface area contributed by atoms with E-state index in [1.165, 1.54) is 11.6 Å². The third kappa shape index (κ3) is 4.53. The largest absolute Gasteiger partial charge is 0.352 e. The summed E-state index contributed by atoms with van der Waals surface area (Å²) in [6.07, 6.45) is 8.48. The molecule has 0 radical (unpaired) electrons. The van der Waals surface area contributed by atoms with Gasteiger partial charge in [0.2, 0.25) is 5.91 Å². The van der Waals surface area contributed by atoms with Crippen molar-refractivity contribution in [3.63, 3.8) is 0 Å². The lowest BCUT2D eigenvalue weighted by atomic mass is 9.79. The van der Waals surface area contributed by atoms with Crippen LogP contribution in [0.2, 0.25) is 0 Å². The number of amides is 2. The number of nitrogens with zero attached hydrogens (tertiary/aromatic N) is 1. The monoisotopic (exact) mass is 413 g/mol. The first-order valence-electron chi connectivity index (χ1n) is 10.3. The molecule has 6 heteroatoms. The molecule has 2 aromatic rings. The summed E-state index contributed by atoms with van der Waals surface area (Å²) in [5.41, 5.74) is 6.45. The number of carbonyl (C=O) groups is 3. The summed E-state index contributed by atoms with van der Waals surface area (Å²) < 4.78 is 0. The molecule has 2 amide bonds. The molecule has 0 bridgehead atoms. The summed E-state index contributed by atoms with van der Waals surface area (Å²) >= 11 is 0. The summed E-state index contributed by atoms with van der Waals surface area (Å²) in [6.45, 7) is 2.90. The van der Waals surface area contributed by atoms with E-state index in [2.05, 4.69) is 22.5 Å². The van der Waals surface area contributed by atoms with Gasteiger partial charge in [-0.1, -0.05) is 24.6 Å². The van der Waals surface area contributed by atoms with Gasteiger partial charge in [0, 0.05) is 35.6 Å². The SMILES string of the molecule is CC1CC2=C(C=C1c1ccnc(-c3cccc(NC(=O)/C=C/C=O)c3)c1)C(=O)NCC2. The number of anilines is 1. The Morgan fingerprint density at radius 1 is 1.23 bits per heavy atom. The third-order valence-electron chi connectivity index (χ3n) is 5.57. The normalized spacial score (nSPS) is 18.3. The van der Waals surface area contributed by atoms with Crippen LogP contribution in [0.25, 0.3) is 16.8 Å². The second-order valence-corrected chi connectivity index (χ2v) is 7.72. The number of allylic oxidation sites excluding steroid dienone is 2. The number of hydrogen-bond acceptors (Lipinski definition) is 4. The molecule has 1 aromatic heterocycles. The van der Waals surface area contributed by atoms with E-state index in [4.69, 9.17) is 0 Å². The van der Waals surface area contributed by atoms with Crippen LogP contribution in [0.3, 0.4) is 0 Å². The van der Waals surface area contributed by atoms with Crippen molar-refractivity contribution in [1.29, 1.82) is 0 Å². The van der Waals surface area contributed by atoms with E-state index in [9.17, 15) is 14.4 Å². The lowest BCUT2D eigenvalue weighted by Gasteiger charge is -2.28. The molecule has 2 N–H and O–H groups in total. The molecular weight excluding hydrogens is 390 g/mol. The molecule has 0 saturated heterocycles. The first-order chi connectivity index (χ1) is 15.0. The van der Waals surface area contributed by atoms with Crippen LogP contribution in [-0.4, -0.2) is 29.6 Å². The molecule has 1 unspecified atom stereocenters. The predicted octanol–water partition coefficient (Wildman–Crippen LogP) is 3.68. The topological polar surface area (TPSA) is 88.2 Å². The maximum Gasteiger partial charge on any atom is 0.251 e. The molecule has 0 spiro atoms.